The lowest BCUT2D eigenvalue weighted by Gasteiger charge is -2.23. The van der Waals surface area contributed by atoms with E-state index >= 15 is 0 Å². The molecule has 0 radical (unpaired) electrons. The minimum absolute atomic E-state index is 0.0809. The Morgan fingerprint density at radius 2 is 1.80 bits per heavy atom. The molecule has 1 heterocycles. The first kappa shape index (κ1) is 13.3. The summed E-state index contributed by atoms with van der Waals surface area (Å²) in [7, 11) is 0. The zero-order valence-corrected chi connectivity index (χ0v) is 12.3. The lowest BCUT2D eigenvalue weighted by Crippen LogP contribution is -2.26. The highest BCUT2D eigenvalue weighted by Gasteiger charge is 2.31. The number of nitrogens with two attached hydrogens (primary N) is 1. The van der Waals surface area contributed by atoms with Crippen molar-refractivity contribution in [2.45, 2.75) is 45.6 Å². The highest BCUT2D eigenvalue weighted by atomic mass is 16.5. The van der Waals surface area contributed by atoms with Gasteiger partial charge in [0.1, 0.15) is 0 Å². The summed E-state index contributed by atoms with van der Waals surface area (Å²) >= 11 is 0. The van der Waals surface area contributed by atoms with Crippen molar-refractivity contribution >= 4 is 0 Å². The van der Waals surface area contributed by atoms with Gasteiger partial charge in [-0.05, 0) is 29.4 Å². The maximum absolute atomic E-state index is 6.17. The molecule has 1 aromatic carbocycles. The van der Waals surface area contributed by atoms with E-state index in [0.29, 0.717) is 11.8 Å². The summed E-state index contributed by atoms with van der Waals surface area (Å²) in [4.78, 5) is 4.54. The van der Waals surface area contributed by atoms with E-state index in [0.717, 1.165) is 18.7 Å². The Morgan fingerprint density at radius 3 is 2.35 bits per heavy atom. The molecule has 3 rings (SSSR count). The van der Waals surface area contributed by atoms with Crippen LogP contribution in [0.25, 0.3) is 0 Å². The lowest BCUT2D eigenvalue weighted by atomic mass is 9.87. The molecule has 0 saturated heterocycles. The van der Waals surface area contributed by atoms with E-state index < -0.39 is 0 Å². The van der Waals surface area contributed by atoms with Crippen LogP contribution in [0.15, 0.2) is 28.8 Å². The zero-order chi connectivity index (χ0) is 14.3. The first-order valence-corrected chi connectivity index (χ1v) is 7.11. The number of rotatable bonds is 2. The number of hydrogen-bond donors (Lipinski definition) is 1. The molecule has 0 amide bonds. The van der Waals surface area contributed by atoms with Crippen LogP contribution in [0.1, 0.15) is 55.6 Å². The van der Waals surface area contributed by atoms with E-state index in [9.17, 15) is 0 Å². The summed E-state index contributed by atoms with van der Waals surface area (Å²) in [5, 5.41) is 4.15. The van der Waals surface area contributed by atoms with Crippen molar-refractivity contribution in [1.82, 2.24) is 10.1 Å². The fourth-order valence-electron chi connectivity index (χ4n) is 2.65. The van der Waals surface area contributed by atoms with Crippen LogP contribution in [-0.2, 0) is 12.8 Å². The molecule has 0 saturated carbocycles. The number of nitrogens with zero attached hydrogens (tertiary/aromatic N) is 2. The van der Waals surface area contributed by atoms with Crippen LogP contribution in [0, 0.1) is 5.41 Å². The van der Waals surface area contributed by atoms with Gasteiger partial charge in [-0.3, -0.25) is 0 Å². The number of benzene rings is 1. The normalized spacial score (nSPS) is 17.2. The van der Waals surface area contributed by atoms with Gasteiger partial charge >= 0.3 is 0 Å². The second kappa shape index (κ2) is 4.70. The third-order valence-electron chi connectivity index (χ3n) is 4.07. The third-order valence-corrected chi connectivity index (χ3v) is 4.07. The Hall–Kier alpha value is -1.68. The average molecular weight is 271 g/mol. The number of aromatic nitrogens is 2. The van der Waals surface area contributed by atoms with Crippen LogP contribution in [0.2, 0.25) is 0 Å². The Morgan fingerprint density at radius 1 is 1.20 bits per heavy atom. The van der Waals surface area contributed by atoms with Crippen molar-refractivity contribution < 1.29 is 4.52 Å². The highest BCUT2D eigenvalue weighted by molar-refractivity contribution is 5.34. The Labute approximate surface area is 119 Å². The van der Waals surface area contributed by atoms with Crippen molar-refractivity contribution in [3.8, 4) is 0 Å². The largest absolute Gasteiger partial charge is 0.338 e. The second-order valence-electron chi connectivity index (χ2n) is 6.71. The minimum atomic E-state index is -0.229. The predicted octanol–water partition coefficient (Wildman–Crippen LogP) is 3.00. The first-order valence-electron chi connectivity index (χ1n) is 7.11. The van der Waals surface area contributed by atoms with Gasteiger partial charge in [0.15, 0.2) is 5.82 Å². The van der Waals surface area contributed by atoms with Gasteiger partial charge in [0.25, 0.3) is 0 Å². The van der Waals surface area contributed by atoms with Crippen LogP contribution in [-0.4, -0.2) is 10.1 Å². The third kappa shape index (κ3) is 2.36. The van der Waals surface area contributed by atoms with Gasteiger partial charge in [0.05, 0.1) is 6.04 Å². The first-order chi connectivity index (χ1) is 9.45. The van der Waals surface area contributed by atoms with E-state index in [4.69, 9.17) is 10.3 Å². The minimum Gasteiger partial charge on any atom is -0.338 e. The Kier molecular flexibility index (Phi) is 3.13. The monoisotopic (exact) mass is 271 g/mol. The molecule has 2 N–H and O–H groups in total. The molecule has 4 heteroatoms. The molecule has 1 aliphatic rings. The van der Waals surface area contributed by atoms with Gasteiger partial charge in [-0.1, -0.05) is 50.2 Å². The summed E-state index contributed by atoms with van der Waals surface area (Å²) < 4.78 is 5.38. The molecule has 1 atom stereocenters. The predicted molar refractivity (Wildman–Crippen MR) is 77.3 cm³/mol. The summed E-state index contributed by atoms with van der Waals surface area (Å²) in [6.07, 6.45) is 1.97. The fraction of sp³-hybridized carbons (Fsp3) is 0.500. The quantitative estimate of drug-likeness (QED) is 0.912. The molecule has 2 aromatic rings. The van der Waals surface area contributed by atoms with E-state index in [1.165, 1.54) is 11.1 Å². The number of hydrogen-bond acceptors (Lipinski definition) is 4. The van der Waals surface area contributed by atoms with E-state index in [-0.39, 0.29) is 11.5 Å². The lowest BCUT2D eigenvalue weighted by molar-refractivity contribution is 0.252. The molecule has 0 aliphatic heterocycles. The fourth-order valence-corrected chi connectivity index (χ4v) is 2.65. The van der Waals surface area contributed by atoms with Crippen LogP contribution < -0.4 is 5.73 Å². The van der Waals surface area contributed by atoms with E-state index in [1.807, 2.05) is 0 Å². The summed E-state index contributed by atoms with van der Waals surface area (Å²) in [6.45, 7) is 6.23. The molecule has 1 aliphatic carbocycles. The highest BCUT2D eigenvalue weighted by Crippen LogP contribution is 2.34. The maximum atomic E-state index is 6.17. The van der Waals surface area contributed by atoms with Crippen LogP contribution in [0.5, 0.6) is 0 Å². The molecular formula is C16H21N3O. The summed E-state index contributed by atoms with van der Waals surface area (Å²) in [6, 6.07) is 8.29. The van der Waals surface area contributed by atoms with Crippen LogP contribution in [0.3, 0.4) is 0 Å². The van der Waals surface area contributed by atoms with E-state index in [2.05, 4.69) is 55.2 Å². The SMILES string of the molecule is CC(C)(C)[C@@H](N)c1nc(C2Cc3ccccc3C2)no1. The average Bonchev–Trinajstić information content (AvgIpc) is 3.03. The Bertz CT molecular complexity index is 587. The molecule has 0 spiro atoms. The van der Waals surface area contributed by atoms with Gasteiger partial charge < -0.3 is 10.3 Å². The molecule has 1 aromatic heterocycles. The molecule has 106 valence electrons. The Balaban J connectivity index is 1.80. The molecule has 0 fully saturated rings. The van der Waals surface area contributed by atoms with E-state index in [1.54, 1.807) is 0 Å². The summed E-state index contributed by atoms with van der Waals surface area (Å²) in [5.74, 6) is 1.65. The van der Waals surface area contributed by atoms with Gasteiger partial charge in [-0.2, -0.15) is 4.98 Å². The van der Waals surface area contributed by atoms with Crippen molar-refractivity contribution in [2.24, 2.45) is 11.1 Å². The van der Waals surface area contributed by atoms with Crippen LogP contribution >= 0.6 is 0 Å². The van der Waals surface area contributed by atoms with Gasteiger partial charge in [0, 0.05) is 5.92 Å². The topological polar surface area (TPSA) is 64.9 Å². The molecule has 20 heavy (non-hydrogen) atoms. The molecule has 4 nitrogen and oxygen atoms in total. The van der Waals surface area contributed by atoms with Crippen molar-refractivity contribution in [3.05, 3.63) is 47.1 Å². The van der Waals surface area contributed by atoms with Crippen molar-refractivity contribution in [3.63, 3.8) is 0 Å². The van der Waals surface area contributed by atoms with Gasteiger partial charge in [0.2, 0.25) is 5.89 Å². The maximum Gasteiger partial charge on any atom is 0.244 e. The standard InChI is InChI=1S/C16H21N3O/c1-16(2,3)13(17)15-18-14(19-20-15)12-8-10-6-4-5-7-11(10)9-12/h4-7,12-13H,8-9,17H2,1-3H3/t13-/m0/s1. The number of fused-ring (bicyclic) bond motifs is 1. The molecule has 0 bridgehead atoms. The van der Waals surface area contributed by atoms with Crippen molar-refractivity contribution in [2.75, 3.05) is 0 Å². The van der Waals surface area contributed by atoms with Gasteiger partial charge in [-0.15, -0.1) is 0 Å². The molecular weight excluding hydrogens is 250 g/mol. The zero-order valence-electron chi connectivity index (χ0n) is 12.3. The molecule has 0 unspecified atom stereocenters. The smallest absolute Gasteiger partial charge is 0.244 e. The van der Waals surface area contributed by atoms with Crippen molar-refractivity contribution in [1.29, 1.82) is 0 Å². The second-order valence-corrected chi connectivity index (χ2v) is 6.71. The van der Waals surface area contributed by atoms with Gasteiger partial charge in [-0.25, -0.2) is 0 Å². The van der Waals surface area contributed by atoms with Crippen LogP contribution in [0.4, 0.5) is 0 Å². The summed E-state index contributed by atoms with van der Waals surface area (Å²) in [5.41, 5.74) is 8.88.